The van der Waals surface area contributed by atoms with Gasteiger partial charge in [-0.15, -0.1) is 0 Å². The Kier molecular flexibility index (Phi) is 3.92. The number of hydrogen-bond donors (Lipinski definition) is 1. The van der Waals surface area contributed by atoms with Crippen molar-refractivity contribution in [3.63, 3.8) is 0 Å². The van der Waals surface area contributed by atoms with E-state index in [0.29, 0.717) is 13.2 Å². The van der Waals surface area contributed by atoms with Gasteiger partial charge in [-0.3, -0.25) is 0 Å². The second kappa shape index (κ2) is 5.17. The van der Waals surface area contributed by atoms with Gasteiger partial charge in [0, 0.05) is 13.2 Å². The van der Waals surface area contributed by atoms with Crippen LogP contribution in [0.3, 0.4) is 0 Å². The average molecular weight is 295 g/mol. The lowest BCUT2D eigenvalue weighted by molar-refractivity contribution is -0.137. The molecule has 2 rings (SSSR count). The summed E-state index contributed by atoms with van der Waals surface area (Å²) in [5.74, 6) is 0.108. The Morgan fingerprint density at radius 3 is 2.79 bits per heavy atom. The summed E-state index contributed by atoms with van der Waals surface area (Å²) >= 11 is 5.60. The molecule has 0 bridgehead atoms. The molecule has 1 aromatic rings. The Bertz CT molecular complexity index is 459. The Balaban J connectivity index is 2.10. The van der Waals surface area contributed by atoms with E-state index < -0.39 is 11.7 Å². The van der Waals surface area contributed by atoms with E-state index in [4.69, 9.17) is 16.3 Å². The SMILES string of the molecule is CC1(CNc2cc(C(F)(F)F)cc(Cl)n2)CCCO1. The van der Waals surface area contributed by atoms with Gasteiger partial charge in [0.25, 0.3) is 0 Å². The first-order valence-electron chi connectivity index (χ1n) is 5.91. The van der Waals surface area contributed by atoms with Crippen molar-refractivity contribution in [3.8, 4) is 0 Å². The van der Waals surface area contributed by atoms with Crippen LogP contribution in [0.2, 0.25) is 5.15 Å². The predicted molar refractivity (Wildman–Crippen MR) is 66.3 cm³/mol. The number of nitrogens with zero attached hydrogens (tertiary/aromatic N) is 1. The number of hydrogen-bond acceptors (Lipinski definition) is 3. The first-order valence-corrected chi connectivity index (χ1v) is 6.29. The molecule has 1 saturated heterocycles. The number of alkyl halides is 3. The van der Waals surface area contributed by atoms with Crippen molar-refractivity contribution in [1.29, 1.82) is 0 Å². The van der Waals surface area contributed by atoms with E-state index in [1.54, 1.807) is 0 Å². The fourth-order valence-corrected chi connectivity index (χ4v) is 2.21. The van der Waals surface area contributed by atoms with Crippen molar-refractivity contribution in [1.82, 2.24) is 4.98 Å². The molecule has 0 aromatic carbocycles. The number of nitrogens with one attached hydrogen (secondary N) is 1. The number of aromatic nitrogens is 1. The van der Waals surface area contributed by atoms with Gasteiger partial charge in [-0.1, -0.05) is 11.6 Å². The Morgan fingerprint density at radius 1 is 1.47 bits per heavy atom. The van der Waals surface area contributed by atoms with E-state index in [0.717, 1.165) is 25.0 Å². The molecule has 19 heavy (non-hydrogen) atoms. The number of rotatable bonds is 3. The van der Waals surface area contributed by atoms with E-state index >= 15 is 0 Å². The van der Waals surface area contributed by atoms with Gasteiger partial charge in [-0.2, -0.15) is 13.2 Å². The first-order chi connectivity index (χ1) is 8.78. The summed E-state index contributed by atoms with van der Waals surface area (Å²) in [5, 5.41) is 2.67. The van der Waals surface area contributed by atoms with E-state index in [-0.39, 0.29) is 16.6 Å². The van der Waals surface area contributed by atoms with Gasteiger partial charge in [0.2, 0.25) is 0 Å². The molecule has 7 heteroatoms. The zero-order chi connectivity index (χ0) is 14.1. The van der Waals surface area contributed by atoms with Crippen molar-refractivity contribution >= 4 is 17.4 Å². The minimum absolute atomic E-state index is 0.108. The van der Waals surface area contributed by atoms with Crippen molar-refractivity contribution < 1.29 is 17.9 Å². The maximum atomic E-state index is 12.6. The summed E-state index contributed by atoms with van der Waals surface area (Å²) in [6.45, 7) is 2.99. The van der Waals surface area contributed by atoms with Crippen LogP contribution in [0.15, 0.2) is 12.1 Å². The predicted octanol–water partition coefficient (Wildman–Crippen LogP) is 3.73. The van der Waals surface area contributed by atoms with Crippen molar-refractivity contribution in [2.45, 2.75) is 31.5 Å². The van der Waals surface area contributed by atoms with Crippen molar-refractivity contribution in [2.75, 3.05) is 18.5 Å². The third-order valence-electron chi connectivity index (χ3n) is 3.07. The van der Waals surface area contributed by atoms with Crippen LogP contribution in [0.1, 0.15) is 25.3 Å². The van der Waals surface area contributed by atoms with Crippen LogP contribution in [0.5, 0.6) is 0 Å². The van der Waals surface area contributed by atoms with Crippen LogP contribution >= 0.6 is 11.6 Å². The summed E-state index contributed by atoms with van der Waals surface area (Å²) in [4.78, 5) is 3.84. The maximum absolute atomic E-state index is 12.6. The molecular weight excluding hydrogens is 281 g/mol. The third kappa shape index (κ3) is 3.73. The van der Waals surface area contributed by atoms with E-state index in [1.165, 1.54) is 0 Å². The lowest BCUT2D eigenvalue weighted by atomic mass is 10.0. The minimum Gasteiger partial charge on any atom is -0.373 e. The van der Waals surface area contributed by atoms with Crippen LogP contribution in [0.4, 0.5) is 19.0 Å². The fourth-order valence-electron chi connectivity index (χ4n) is 2.00. The maximum Gasteiger partial charge on any atom is 0.416 e. The van der Waals surface area contributed by atoms with Crippen LogP contribution in [0, 0.1) is 0 Å². The quantitative estimate of drug-likeness (QED) is 0.863. The first kappa shape index (κ1) is 14.4. The van der Waals surface area contributed by atoms with Crippen LogP contribution in [-0.4, -0.2) is 23.7 Å². The van der Waals surface area contributed by atoms with Gasteiger partial charge in [0.15, 0.2) is 0 Å². The second-order valence-electron chi connectivity index (χ2n) is 4.82. The molecule has 1 aromatic heterocycles. The largest absolute Gasteiger partial charge is 0.416 e. The number of pyridine rings is 1. The molecule has 0 saturated carbocycles. The molecule has 1 aliphatic rings. The summed E-state index contributed by atoms with van der Waals surface area (Å²) in [7, 11) is 0. The topological polar surface area (TPSA) is 34.2 Å². The molecule has 3 nitrogen and oxygen atoms in total. The zero-order valence-electron chi connectivity index (χ0n) is 10.4. The van der Waals surface area contributed by atoms with Crippen molar-refractivity contribution in [3.05, 3.63) is 22.8 Å². The molecule has 1 atom stereocenters. The highest BCUT2D eigenvalue weighted by atomic mass is 35.5. The molecule has 106 valence electrons. The lowest BCUT2D eigenvalue weighted by Crippen LogP contribution is -2.32. The van der Waals surface area contributed by atoms with Gasteiger partial charge in [0.05, 0.1) is 11.2 Å². The standard InChI is InChI=1S/C12H14ClF3N2O/c1-11(3-2-4-19-11)7-17-10-6-8(12(14,15)16)5-9(13)18-10/h5-6H,2-4,7H2,1H3,(H,17,18). The third-order valence-corrected chi connectivity index (χ3v) is 3.26. The highest BCUT2D eigenvalue weighted by Crippen LogP contribution is 2.32. The molecule has 1 unspecified atom stereocenters. The molecule has 0 aliphatic carbocycles. The summed E-state index contributed by atoms with van der Waals surface area (Å²) in [6.07, 6.45) is -2.61. The van der Waals surface area contributed by atoms with Gasteiger partial charge in [-0.25, -0.2) is 4.98 Å². The number of ether oxygens (including phenoxy) is 1. The van der Waals surface area contributed by atoms with Crippen LogP contribution in [0.25, 0.3) is 0 Å². The average Bonchev–Trinajstić information content (AvgIpc) is 2.72. The number of halogens is 4. The molecule has 1 N–H and O–H groups in total. The molecule has 1 aliphatic heterocycles. The molecule has 2 heterocycles. The molecule has 0 radical (unpaired) electrons. The Hall–Kier alpha value is -1.01. The monoisotopic (exact) mass is 294 g/mol. The smallest absolute Gasteiger partial charge is 0.373 e. The van der Waals surface area contributed by atoms with Gasteiger partial charge >= 0.3 is 6.18 Å². The molecule has 0 spiro atoms. The van der Waals surface area contributed by atoms with E-state index in [2.05, 4.69) is 10.3 Å². The molecular formula is C12H14ClF3N2O. The lowest BCUT2D eigenvalue weighted by Gasteiger charge is -2.23. The molecule has 0 amide bonds. The van der Waals surface area contributed by atoms with E-state index in [9.17, 15) is 13.2 Å². The number of anilines is 1. The highest BCUT2D eigenvalue weighted by Gasteiger charge is 2.32. The Morgan fingerprint density at radius 2 is 2.21 bits per heavy atom. The highest BCUT2D eigenvalue weighted by molar-refractivity contribution is 6.29. The summed E-state index contributed by atoms with van der Waals surface area (Å²) < 4.78 is 43.4. The second-order valence-corrected chi connectivity index (χ2v) is 5.20. The molecule has 1 fully saturated rings. The summed E-state index contributed by atoms with van der Waals surface area (Å²) in [5.41, 5.74) is -1.17. The van der Waals surface area contributed by atoms with E-state index in [1.807, 2.05) is 6.92 Å². The van der Waals surface area contributed by atoms with Gasteiger partial charge in [-0.05, 0) is 31.9 Å². The van der Waals surface area contributed by atoms with Crippen LogP contribution < -0.4 is 5.32 Å². The fraction of sp³-hybridized carbons (Fsp3) is 0.583. The van der Waals surface area contributed by atoms with Gasteiger partial charge < -0.3 is 10.1 Å². The zero-order valence-corrected chi connectivity index (χ0v) is 11.1. The van der Waals surface area contributed by atoms with Crippen LogP contribution in [-0.2, 0) is 10.9 Å². The minimum atomic E-state index is -4.43. The van der Waals surface area contributed by atoms with Gasteiger partial charge in [0.1, 0.15) is 11.0 Å². The Labute approximate surface area is 114 Å². The van der Waals surface area contributed by atoms with Crippen molar-refractivity contribution in [2.24, 2.45) is 0 Å². The summed E-state index contributed by atoms with van der Waals surface area (Å²) in [6, 6.07) is 1.75. The normalized spacial score (nSPS) is 23.6.